The summed E-state index contributed by atoms with van der Waals surface area (Å²) in [5, 5.41) is 3.96. The summed E-state index contributed by atoms with van der Waals surface area (Å²) in [6.07, 6.45) is -3.09. The van der Waals surface area contributed by atoms with Gasteiger partial charge in [0.1, 0.15) is 5.75 Å². The minimum absolute atomic E-state index is 0.0681. The number of rotatable bonds is 5. The van der Waals surface area contributed by atoms with Crippen LogP contribution in [0.2, 0.25) is 0 Å². The highest BCUT2D eigenvalue weighted by molar-refractivity contribution is 6.13. The molecule has 5 rings (SSSR count). The largest absolute Gasteiger partial charge is 0.439 e. The van der Waals surface area contributed by atoms with Gasteiger partial charge in [0.05, 0.1) is 5.56 Å². The van der Waals surface area contributed by atoms with Crippen LogP contribution in [0.4, 0.5) is 30.5 Å². The monoisotopic (exact) mass is 522 g/mol. The van der Waals surface area contributed by atoms with Crippen molar-refractivity contribution in [3.05, 3.63) is 78.0 Å². The lowest BCUT2D eigenvalue weighted by atomic mass is 10.0. The van der Waals surface area contributed by atoms with Crippen LogP contribution in [-0.4, -0.2) is 54.0 Å². The summed E-state index contributed by atoms with van der Waals surface area (Å²) >= 11 is 0. The lowest BCUT2D eigenvalue weighted by molar-refractivity contribution is -0.137. The number of hydrogen-bond donors (Lipinski definition) is 2. The van der Waals surface area contributed by atoms with Crippen molar-refractivity contribution < 1.29 is 22.7 Å². The lowest BCUT2D eigenvalue weighted by Gasteiger charge is -2.35. The SMILES string of the molecule is CN1CCN(c2ccc(NC(=O)c3cccc4cc(Oc5ccnc(N)n5)ccc34)cc2C(F)(F)F)CC1. The maximum atomic E-state index is 14.0. The first kappa shape index (κ1) is 25.3. The van der Waals surface area contributed by atoms with Crippen molar-refractivity contribution in [3.8, 4) is 11.6 Å². The van der Waals surface area contributed by atoms with Gasteiger partial charge in [-0.25, -0.2) is 4.98 Å². The number of nitrogens with zero attached hydrogens (tertiary/aromatic N) is 4. The predicted octanol–water partition coefficient (Wildman–Crippen LogP) is 5.03. The van der Waals surface area contributed by atoms with Crippen molar-refractivity contribution in [2.75, 3.05) is 49.2 Å². The standard InChI is InChI=1S/C27H25F3N6O2/c1-35-11-13-36(14-12-35)23-8-5-18(16-22(23)27(28,29)30)33-25(37)21-4-2-3-17-15-19(6-7-20(17)21)38-24-9-10-32-26(31)34-24/h2-10,15-16H,11-14H2,1H3,(H,33,37)(H2,31,32,34). The van der Waals surface area contributed by atoms with E-state index in [9.17, 15) is 18.0 Å². The number of likely N-dealkylation sites (N-methyl/N-ethyl adjacent to an activating group) is 1. The fourth-order valence-electron chi connectivity index (χ4n) is 4.42. The van der Waals surface area contributed by atoms with Crippen molar-refractivity contribution in [1.29, 1.82) is 0 Å². The fourth-order valence-corrected chi connectivity index (χ4v) is 4.42. The van der Waals surface area contributed by atoms with Crippen LogP contribution in [0.3, 0.4) is 0 Å². The van der Waals surface area contributed by atoms with Gasteiger partial charge in [-0.05, 0) is 60.3 Å². The Morgan fingerprint density at radius 1 is 1.03 bits per heavy atom. The highest BCUT2D eigenvalue weighted by Crippen LogP contribution is 2.39. The smallest absolute Gasteiger partial charge is 0.418 e. The maximum Gasteiger partial charge on any atom is 0.418 e. The molecule has 0 radical (unpaired) electrons. The number of piperazine rings is 1. The van der Waals surface area contributed by atoms with Crippen LogP contribution in [0.15, 0.2) is 66.9 Å². The zero-order valence-electron chi connectivity index (χ0n) is 20.5. The van der Waals surface area contributed by atoms with E-state index >= 15 is 0 Å². The summed E-state index contributed by atoms with van der Waals surface area (Å²) in [5.41, 5.74) is 5.32. The number of hydrogen-bond acceptors (Lipinski definition) is 7. The van der Waals surface area contributed by atoms with Gasteiger partial charge in [-0.1, -0.05) is 12.1 Å². The van der Waals surface area contributed by atoms with Crippen LogP contribution < -0.4 is 20.7 Å². The molecule has 11 heteroatoms. The number of anilines is 3. The first-order valence-corrected chi connectivity index (χ1v) is 11.9. The Labute approximate surface area is 216 Å². The number of carbonyl (C=O) groups excluding carboxylic acids is 1. The molecule has 8 nitrogen and oxygen atoms in total. The van der Waals surface area contributed by atoms with Gasteiger partial charge in [-0.2, -0.15) is 18.2 Å². The number of aromatic nitrogens is 2. The van der Waals surface area contributed by atoms with E-state index in [1.54, 1.807) is 47.4 Å². The summed E-state index contributed by atoms with van der Waals surface area (Å²) in [7, 11) is 1.94. The van der Waals surface area contributed by atoms with Crippen molar-refractivity contribution in [2.45, 2.75) is 6.18 Å². The normalized spacial score (nSPS) is 14.5. The van der Waals surface area contributed by atoms with E-state index in [1.807, 2.05) is 7.05 Å². The number of amides is 1. The number of fused-ring (bicyclic) bond motifs is 1. The first-order chi connectivity index (χ1) is 18.2. The molecule has 0 bridgehead atoms. The van der Waals surface area contributed by atoms with Crippen molar-refractivity contribution in [2.24, 2.45) is 0 Å². The van der Waals surface area contributed by atoms with Crippen LogP contribution >= 0.6 is 0 Å². The van der Waals surface area contributed by atoms with E-state index in [-0.39, 0.29) is 23.2 Å². The number of ether oxygens (including phenoxy) is 1. The molecular formula is C27H25F3N6O2. The quantitative estimate of drug-likeness (QED) is 0.380. The third-order valence-electron chi connectivity index (χ3n) is 6.37. The zero-order chi connectivity index (χ0) is 26.9. The molecule has 1 aliphatic rings. The van der Waals surface area contributed by atoms with E-state index in [4.69, 9.17) is 10.5 Å². The lowest BCUT2D eigenvalue weighted by Crippen LogP contribution is -2.45. The van der Waals surface area contributed by atoms with Gasteiger partial charge in [0.25, 0.3) is 5.91 Å². The Bertz CT molecular complexity index is 1490. The Morgan fingerprint density at radius 2 is 1.82 bits per heavy atom. The van der Waals surface area contributed by atoms with Crippen LogP contribution in [-0.2, 0) is 6.18 Å². The molecule has 1 aromatic heterocycles. The number of nitrogen functional groups attached to an aromatic ring is 1. The summed E-state index contributed by atoms with van der Waals surface area (Å²) < 4.78 is 47.6. The number of nitrogens with one attached hydrogen (secondary N) is 1. The van der Waals surface area contributed by atoms with Crippen molar-refractivity contribution in [1.82, 2.24) is 14.9 Å². The fraction of sp³-hybridized carbons (Fsp3) is 0.222. The molecule has 1 aliphatic heterocycles. The van der Waals surface area contributed by atoms with Gasteiger partial charge >= 0.3 is 6.18 Å². The number of carbonyl (C=O) groups is 1. The molecule has 196 valence electrons. The highest BCUT2D eigenvalue weighted by Gasteiger charge is 2.36. The molecule has 3 N–H and O–H groups in total. The highest BCUT2D eigenvalue weighted by atomic mass is 19.4. The second kappa shape index (κ2) is 10.2. The molecule has 0 atom stereocenters. The average Bonchev–Trinajstić information content (AvgIpc) is 2.88. The molecule has 1 amide bonds. The summed E-state index contributed by atoms with van der Waals surface area (Å²) in [5.74, 6) is 0.300. The third-order valence-corrected chi connectivity index (χ3v) is 6.37. The predicted molar refractivity (Wildman–Crippen MR) is 140 cm³/mol. The van der Waals surface area contributed by atoms with Crippen molar-refractivity contribution >= 4 is 34.0 Å². The number of alkyl halides is 3. The Balaban J connectivity index is 1.39. The van der Waals surface area contributed by atoms with E-state index in [0.29, 0.717) is 48.3 Å². The molecule has 0 unspecified atom stereocenters. The Kier molecular flexibility index (Phi) is 6.77. The van der Waals surface area contributed by atoms with Gasteiger partial charge < -0.3 is 25.6 Å². The van der Waals surface area contributed by atoms with E-state index in [1.165, 1.54) is 18.3 Å². The molecule has 1 saturated heterocycles. The van der Waals surface area contributed by atoms with Crippen LogP contribution in [0.5, 0.6) is 11.6 Å². The minimum atomic E-state index is -4.57. The Hall–Kier alpha value is -4.38. The zero-order valence-corrected chi connectivity index (χ0v) is 20.5. The van der Waals surface area contributed by atoms with Crippen molar-refractivity contribution in [3.63, 3.8) is 0 Å². The summed E-state index contributed by atoms with van der Waals surface area (Å²) in [6, 6.07) is 15.7. The number of nitrogens with two attached hydrogens (primary N) is 1. The molecular weight excluding hydrogens is 497 g/mol. The minimum Gasteiger partial charge on any atom is -0.439 e. The van der Waals surface area contributed by atoms with Gasteiger partial charge in [0.15, 0.2) is 0 Å². The first-order valence-electron chi connectivity index (χ1n) is 11.9. The molecule has 38 heavy (non-hydrogen) atoms. The van der Waals surface area contributed by atoms with Crippen LogP contribution in [0.1, 0.15) is 15.9 Å². The van der Waals surface area contributed by atoms with E-state index in [2.05, 4.69) is 20.2 Å². The van der Waals surface area contributed by atoms with Gasteiger partial charge in [0.2, 0.25) is 11.8 Å². The maximum absolute atomic E-state index is 14.0. The molecule has 4 aromatic rings. The van der Waals surface area contributed by atoms with Gasteiger partial charge in [-0.15, -0.1) is 0 Å². The summed E-state index contributed by atoms with van der Waals surface area (Å²) in [4.78, 5) is 24.8. The number of benzene rings is 3. The molecule has 0 aliphatic carbocycles. The third kappa shape index (κ3) is 5.47. The van der Waals surface area contributed by atoms with Gasteiger partial charge in [0, 0.05) is 55.4 Å². The average molecular weight is 523 g/mol. The van der Waals surface area contributed by atoms with Crippen LogP contribution in [0, 0.1) is 0 Å². The molecule has 2 heterocycles. The van der Waals surface area contributed by atoms with Crippen LogP contribution in [0.25, 0.3) is 10.8 Å². The second-order valence-corrected chi connectivity index (χ2v) is 9.02. The topological polar surface area (TPSA) is 96.6 Å². The second-order valence-electron chi connectivity index (χ2n) is 9.02. The van der Waals surface area contributed by atoms with Gasteiger partial charge in [-0.3, -0.25) is 4.79 Å². The van der Waals surface area contributed by atoms with E-state index < -0.39 is 17.6 Å². The number of halogens is 3. The molecule has 0 saturated carbocycles. The summed E-state index contributed by atoms with van der Waals surface area (Å²) in [6.45, 7) is 2.35. The molecule has 1 fully saturated rings. The Morgan fingerprint density at radius 3 is 2.55 bits per heavy atom. The molecule has 0 spiro atoms. The van der Waals surface area contributed by atoms with E-state index in [0.717, 1.165) is 6.07 Å². The molecule has 3 aromatic carbocycles.